The fourth-order valence-electron chi connectivity index (χ4n) is 2.17. The lowest BCUT2D eigenvalue weighted by atomic mass is 9.92. The SMILES string of the molecule is Cn1nc(C(C)(C)C)cc1C(=O)OCC(=O)Nc1ccc(C(F)(F)F)cc1. The Morgan fingerprint density at radius 2 is 1.74 bits per heavy atom. The second-order valence-electron chi connectivity index (χ2n) is 6.99. The number of rotatable bonds is 4. The van der Waals surface area contributed by atoms with Crippen LogP contribution in [0.5, 0.6) is 0 Å². The third-order valence-corrected chi connectivity index (χ3v) is 3.69. The van der Waals surface area contributed by atoms with Crippen LogP contribution in [-0.4, -0.2) is 28.3 Å². The number of amides is 1. The van der Waals surface area contributed by atoms with E-state index in [2.05, 4.69) is 10.4 Å². The van der Waals surface area contributed by atoms with Crippen molar-refractivity contribution < 1.29 is 27.5 Å². The number of carbonyl (C=O) groups is 2. The Bertz CT molecular complexity index is 834. The normalized spacial score (nSPS) is 12.0. The monoisotopic (exact) mass is 383 g/mol. The summed E-state index contributed by atoms with van der Waals surface area (Å²) in [7, 11) is 1.59. The summed E-state index contributed by atoms with van der Waals surface area (Å²) in [5, 5.41) is 6.61. The van der Waals surface area contributed by atoms with Crippen LogP contribution >= 0.6 is 0 Å². The van der Waals surface area contributed by atoms with Gasteiger partial charge in [-0.1, -0.05) is 20.8 Å². The molecule has 0 unspecified atom stereocenters. The molecule has 1 heterocycles. The number of benzene rings is 1. The van der Waals surface area contributed by atoms with Crippen LogP contribution in [0.2, 0.25) is 0 Å². The first-order valence-corrected chi connectivity index (χ1v) is 8.06. The highest BCUT2D eigenvalue weighted by atomic mass is 19.4. The number of esters is 1. The highest BCUT2D eigenvalue weighted by Crippen LogP contribution is 2.29. The molecule has 0 aliphatic heterocycles. The highest BCUT2D eigenvalue weighted by molar-refractivity contribution is 5.95. The Balaban J connectivity index is 1.94. The number of aryl methyl sites for hydroxylation is 1. The Hall–Kier alpha value is -2.84. The number of hydrogen-bond acceptors (Lipinski definition) is 4. The highest BCUT2D eigenvalue weighted by Gasteiger charge is 2.30. The largest absolute Gasteiger partial charge is 0.451 e. The third-order valence-electron chi connectivity index (χ3n) is 3.69. The zero-order chi connectivity index (χ0) is 20.4. The number of hydrogen-bond donors (Lipinski definition) is 1. The van der Waals surface area contributed by atoms with Crippen LogP contribution in [0.15, 0.2) is 30.3 Å². The lowest BCUT2D eigenvalue weighted by Gasteiger charge is -2.13. The molecule has 6 nitrogen and oxygen atoms in total. The van der Waals surface area contributed by atoms with E-state index in [1.165, 1.54) is 4.68 Å². The van der Waals surface area contributed by atoms with Crippen molar-refractivity contribution in [3.8, 4) is 0 Å². The molecule has 27 heavy (non-hydrogen) atoms. The minimum Gasteiger partial charge on any atom is -0.451 e. The maximum atomic E-state index is 12.5. The average Bonchev–Trinajstić information content (AvgIpc) is 2.94. The zero-order valence-electron chi connectivity index (χ0n) is 15.3. The van der Waals surface area contributed by atoms with Gasteiger partial charge in [0.25, 0.3) is 5.91 Å². The number of aromatic nitrogens is 2. The molecule has 0 aliphatic rings. The fraction of sp³-hybridized carbons (Fsp3) is 0.389. The van der Waals surface area contributed by atoms with E-state index in [1.54, 1.807) is 13.1 Å². The molecular formula is C18H20F3N3O3. The maximum Gasteiger partial charge on any atom is 0.416 e. The lowest BCUT2D eigenvalue weighted by Crippen LogP contribution is -2.22. The molecule has 1 aromatic carbocycles. The van der Waals surface area contributed by atoms with Crippen LogP contribution in [0.4, 0.5) is 18.9 Å². The number of carbonyl (C=O) groups excluding carboxylic acids is 2. The van der Waals surface area contributed by atoms with Crippen molar-refractivity contribution in [2.24, 2.45) is 7.05 Å². The van der Waals surface area contributed by atoms with Crippen LogP contribution in [0.25, 0.3) is 0 Å². The molecule has 0 spiro atoms. The van der Waals surface area contributed by atoms with E-state index in [-0.39, 0.29) is 16.8 Å². The number of ether oxygens (including phenoxy) is 1. The Morgan fingerprint density at radius 3 is 2.22 bits per heavy atom. The summed E-state index contributed by atoms with van der Waals surface area (Å²) in [5.41, 5.74) is -0.0122. The second kappa shape index (κ2) is 7.42. The molecule has 0 fully saturated rings. The molecule has 0 aliphatic carbocycles. The summed E-state index contributed by atoms with van der Waals surface area (Å²) in [5.74, 6) is -1.38. The Labute approximate surface area is 154 Å². The van der Waals surface area contributed by atoms with Crippen molar-refractivity contribution in [2.75, 3.05) is 11.9 Å². The predicted molar refractivity (Wildman–Crippen MR) is 92.3 cm³/mol. The molecule has 1 N–H and O–H groups in total. The number of nitrogens with zero attached hydrogens (tertiary/aromatic N) is 2. The molecule has 0 radical (unpaired) electrons. The van der Waals surface area contributed by atoms with E-state index >= 15 is 0 Å². The average molecular weight is 383 g/mol. The molecule has 0 atom stereocenters. The molecular weight excluding hydrogens is 363 g/mol. The first kappa shape index (κ1) is 20.5. The minimum absolute atomic E-state index is 0.166. The number of alkyl halides is 3. The van der Waals surface area contributed by atoms with Gasteiger partial charge in [0.05, 0.1) is 11.3 Å². The summed E-state index contributed by atoms with van der Waals surface area (Å²) >= 11 is 0. The standard InChI is InChI=1S/C18H20F3N3O3/c1-17(2,3)14-9-13(24(4)23-14)16(26)27-10-15(25)22-12-7-5-11(6-8-12)18(19,20)21/h5-9H,10H2,1-4H3,(H,22,25). The summed E-state index contributed by atoms with van der Waals surface area (Å²) in [6.45, 7) is 5.27. The number of anilines is 1. The van der Waals surface area contributed by atoms with Gasteiger partial charge in [-0.3, -0.25) is 9.48 Å². The predicted octanol–water partition coefficient (Wildman–Crippen LogP) is 3.53. The molecule has 2 rings (SSSR count). The first-order chi connectivity index (χ1) is 12.4. The molecule has 146 valence electrons. The topological polar surface area (TPSA) is 73.2 Å². The number of halogens is 3. The van der Waals surface area contributed by atoms with Gasteiger partial charge in [-0.25, -0.2) is 4.79 Å². The molecule has 1 aromatic heterocycles. The van der Waals surface area contributed by atoms with Crippen molar-refractivity contribution in [3.05, 3.63) is 47.3 Å². The van der Waals surface area contributed by atoms with Gasteiger partial charge in [-0.05, 0) is 30.3 Å². The van der Waals surface area contributed by atoms with Crippen molar-refractivity contribution in [1.29, 1.82) is 0 Å². The van der Waals surface area contributed by atoms with Gasteiger partial charge in [-0.15, -0.1) is 0 Å². The summed E-state index contributed by atoms with van der Waals surface area (Å²) in [6.07, 6.45) is -4.45. The van der Waals surface area contributed by atoms with Gasteiger partial charge in [-0.2, -0.15) is 18.3 Å². The molecule has 0 bridgehead atoms. The van der Waals surface area contributed by atoms with E-state index in [0.717, 1.165) is 24.3 Å². The van der Waals surface area contributed by atoms with Crippen molar-refractivity contribution in [2.45, 2.75) is 32.4 Å². The van der Waals surface area contributed by atoms with Crippen molar-refractivity contribution >= 4 is 17.6 Å². The van der Waals surface area contributed by atoms with E-state index in [9.17, 15) is 22.8 Å². The Morgan fingerprint density at radius 1 is 1.15 bits per heavy atom. The number of nitrogens with one attached hydrogen (secondary N) is 1. The van der Waals surface area contributed by atoms with Crippen LogP contribution in [0.3, 0.4) is 0 Å². The van der Waals surface area contributed by atoms with E-state index in [4.69, 9.17) is 4.74 Å². The van der Waals surface area contributed by atoms with E-state index < -0.39 is 30.2 Å². The maximum absolute atomic E-state index is 12.5. The van der Waals surface area contributed by atoms with E-state index in [0.29, 0.717) is 5.69 Å². The van der Waals surface area contributed by atoms with Crippen molar-refractivity contribution in [3.63, 3.8) is 0 Å². The van der Waals surface area contributed by atoms with Crippen LogP contribution in [-0.2, 0) is 28.2 Å². The molecule has 9 heteroatoms. The van der Waals surface area contributed by atoms with Gasteiger partial charge in [0.2, 0.25) is 0 Å². The molecule has 2 aromatic rings. The van der Waals surface area contributed by atoms with E-state index in [1.807, 2.05) is 20.8 Å². The fourth-order valence-corrected chi connectivity index (χ4v) is 2.17. The van der Waals surface area contributed by atoms with Crippen molar-refractivity contribution in [1.82, 2.24) is 9.78 Å². The molecule has 0 saturated carbocycles. The summed E-state index contributed by atoms with van der Waals surface area (Å²) in [4.78, 5) is 24.0. The zero-order valence-corrected chi connectivity index (χ0v) is 15.3. The second-order valence-corrected chi connectivity index (χ2v) is 6.99. The smallest absolute Gasteiger partial charge is 0.416 e. The molecule has 0 saturated heterocycles. The first-order valence-electron chi connectivity index (χ1n) is 8.06. The van der Waals surface area contributed by atoms with Crippen LogP contribution in [0.1, 0.15) is 42.5 Å². The van der Waals surface area contributed by atoms with Gasteiger partial charge in [0.1, 0.15) is 5.69 Å². The van der Waals surface area contributed by atoms with Crippen LogP contribution < -0.4 is 5.32 Å². The minimum atomic E-state index is -4.45. The lowest BCUT2D eigenvalue weighted by molar-refractivity contribution is -0.137. The summed E-state index contributed by atoms with van der Waals surface area (Å²) < 4.78 is 43.9. The molecule has 1 amide bonds. The Kier molecular flexibility index (Phi) is 5.62. The quantitative estimate of drug-likeness (QED) is 0.820. The van der Waals surface area contributed by atoms with Gasteiger partial charge in [0.15, 0.2) is 6.61 Å². The third kappa shape index (κ3) is 5.32. The van der Waals surface area contributed by atoms with Gasteiger partial charge < -0.3 is 10.1 Å². The van der Waals surface area contributed by atoms with Gasteiger partial charge >= 0.3 is 12.1 Å². The summed E-state index contributed by atoms with van der Waals surface area (Å²) in [6, 6.07) is 5.55. The van der Waals surface area contributed by atoms with Gasteiger partial charge in [0, 0.05) is 18.2 Å². The van der Waals surface area contributed by atoms with Crippen LogP contribution in [0, 0.1) is 0 Å².